The number of phosphoric acid groups is 3. The van der Waals surface area contributed by atoms with Crippen molar-refractivity contribution in [2.75, 3.05) is 0 Å². The van der Waals surface area contributed by atoms with Gasteiger partial charge in [0.15, 0.2) is 0 Å². The van der Waals surface area contributed by atoms with E-state index in [-0.39, 0.29) is 67.3 Å². The minimum Gasteiger partial charge on any atom is -0.756 e. The summed E-state index contributed by atoms with van der Waals surface area (Å²) in [5, 5.41) is 0. The van der Waals surface area contributed by atoms with Crippen LogP contribution in [-0.2, 0) is 13.7 Å². The summed E-state index contributed by atoms with van der Waals surface area (Å²) in [6.07, 6.45) is 0. The predicted octanol–water partition coefficient (Wildman–Crippen LogP) is -8.06. The number of hydrogen-bond donors (Lipinski definition) is 6. The van der Waals surface area contributed by atoms with Crippen molar-refractivity contribution >= 4 is 61.2 Å². The van der Waals surface area contributed by atoms with Gasteiger partial charge >= 0.3 is 67.3 Å². The number of hydrogen-bond acceptors (Lipinski definition) is 6. The maximum Gasteiger partial charge on any atom is 2.00 e. The molecule has 6 N–H and O–H groups in total. The summed E-state index contributed by atoms with van der Waals surface area (Å²) in [7, 11) is -14.7. The van der Waals surface area contributed by atoms with Gasteiger partial charge in [0.1, 0.15) is 0 Å². The second-order valence-electron chi connectivity index (χ2n) is 1.47. The van der Waals surface area contributed by atoms with Gasteiger partial charge in [-0.1, -0.05) is 0 Å². The monoisotopic (exact) mass is 354 g/mol. The van der Waals surface area contributed by atoms with Crippen LogP contribution in [0.5, 0.6) is 0 Å². The van der Waals surface area contributed by atoms with E-state index >= 15 is 0 Å². The molecule has 0 amide bonds. The number of rotatable bonds is 0. The molecule has 0 aromatic heterocycles. The van der Waals surface area contributed by atoms with Crippen LogP contribution < -0.4 is 44.2 Å². The zero-order chi connectivity index (χ0) is 13.5. The fraction of sp³-hybridized carbons (Fsp3) is 0. The van der Waals surface area contributed by atoms with E-state index < -0.39 is 23.5 Å². The van der Waals surface area contributed by atoms with Gasteiger partial charge in [0.2, 0.25) is 0 Å². The van der Waals surface area contributed by atoms with Crippen LogP contribution in [0.4, 0.5) is 0 Å². The third-order valence-electron chi connectivity index (χ3n) is 0. The van der Waals surface area contributed by atoms with Gasteiger partial charge in [-0.3, -0.25) is 13.7 Å². The molecule has 96 valence electrons. The second-order valence-corrected chi connectivity index (χ2v) is 4.42. The molecule has 0 rings (SSSR count). The SMILES string of the molecule is O=P([O-])(O)O.O=P([O-])(O)O.O=P([O-])(O)O.[Ca+2].[Na+]. The van der Waals surface area contributed by atoms with Crippen LogP contribution in [0.3, 0.4) is 0 Å². The van der Waals surface area contributed by atoms with Gasteiger partial charge in [-0.25, -0.2) is 0 Å². The van der Waals surface area contributed by atoms with Gasteiger partial charge in [-0.2, -0.15) is 0 Å². The molecule has 0 radical (unpaired) electrons. The maximum atomic E-state index is 8.77. The van der Waals surface area contributed by atoms with Crippen molar-refractivity contribution in [1.82, 2.24) is 0 Å². The van der Waals surface area contributed by atoms with Crippen LogP contribution in [0.25, 0.3) is 0 Å². The summed E-state index contributed by atoms with van der Waals surface area (Å²) in [6, 6.07) is 0. The minimum absolute atomic E-state index is 0. The third kappa shape index (κ3) is 763. The molecule has 0 saturated heterocycles. The molecule has 0 atom stereocenters. The molecule has 0 aliphatic rings. The van der Waals surface area contributed by atoms with E-state index in [2.05, 4.69) is 0 Å². The standard InChI is InChI=1S/Ca.Na.3H3O4P/c;;3*1-5(2,3)4/h;;3*(H3,1,2,3,4)/q+2;+1;;;/p-3. The molecule has 0 bridgehead atoms. The molecule has 0 unspecified atom stereocenters. The molecule has 0 aliphatic carbocycles. The Hall–Kier alpha value is 2.59. The molecule has 0 saturated carbocycles. The molecule has 17 heavy (non-hydrogen) atoms. The molecule has 0 aromatic carbocycles. The summed E-state index contributed by atoms with van der Waals surface area (Å²) >= 11 is 0. The van der Waals surface area contributed by atoms with E-state index in [1.165, 1.54) is 0 Å². The zero-order valence-electron chi connectivity index (χ0n) is 8.18. The first-order valence-corrected chi connectivity index (χ1v) is 6.89. The molecule has 0 heterocycles. The minimum atomic E-state index is -4.89. The predicted molar refractivity (Wildman–Crippen MR) is 41.9 cm³/mol. The fourth-order valence-corrected chi connectivity index (χ4v) is 0. The molecular weight excluding hydrogens is 348 g/mol. The van der Waals surface area contributed by atoms with Gasteiger partial charge in [-0.15, -0.1) is 0 Å². The van der Waals surface area contributed by atoms with Crippen LogP contribution in [0.15, 0.2) is 0 Å². The van der Waals surface area contributed by atoms with Crippen LogP contribution >= 0.6 is 23.5 Å². The average Bonchev–Trinajstić information content (AvgIpc) is 1.41. The van der Waals surface area contributed by atoms with E-state index in [9.17, 15) is 0 Å². The third-order valence-corrected chi connectivity index (χ3v) is 0. The molecule has 17 heteroatoms. The topological polar surface area (TPSA) is 242 Å². The van der Waals surface area contributed by atoms with E-state index in [1.54, 1.807) is 0 Å². The Morgan fingerprint density at radius 3 is 0.588 bits per heavy atom. The van der Waals surface area contributed by atoms with Gasteiger partial charge in [0.05, 0.1) is 0 Å². The molecule has 0 fully saturated rings. The Morgan fingerprint density at radius 1 is 0.588 bits per heavy atom. The molecule has 0 spiro atoms. The van der Waals surface area contributed by atoms with Crippen LogP contribution in [0.2, 0.25) is 0 Å². The van der Waals surface area contributed by atoms with Crippen molar-refractivity contribution < 1.29 is 87.3 Å². The van der Waals surface area contributed by atoms with Gasteiger partial charge in [-0.05, 0) is 0 Å². The zero-order valence-corrected chi connectivity index (χ0v) is 15.1. The van der Waals surface area contributed by atoms with E-state index in [1.807, 2.05) is 0 Å². The van der Waals surface area contributed by atoms with Crippen molar-refractivity contribution in [3.05, 3.63) is 0 Å². The molecular formula is H6CaNaO12P3. The van der Waals surface area contributed by atoms with Crippen molar-refractivity contribution in [3.63, 3.8) is 0 Å². The average molecular weight is 354 g/mol. The molecule has 0 aromatic rings. The first-order chi connectivity index (χ1) is 6.00. The first-order valence-electron chi connectivity index (χ1n) is 2.30. The van der Waals surface area contributed by atoms with Gasteiger partial charge < -0.3 is 44.0 Å². The maximum absolute atomic E-state index is 8.77. The Balaban J connectivity index is -0.0000000400. The van der Waals surface area contributed by atoms with Crippen LogP contribution in [0.1, 0.15) is 0 Å². The first kappa shape index (κ1) is 31.8. The van der Waals surface area contributed by atoms with Crippen molar-refractivity contribution in [3.8, 4) is 0 Å². The van der Waals surface area contributed by atoms with Crippen molar-refractivity contribution in [2.45, 2.75) is 0 Å². The van der Waals surface area contributed by atoms with Crippen molar-refractivity contribution in [2.24, 2.45) is 0 Å². The molecule has 0 aliphatic heterocycles. The summed E-state index contributed by atoms with van der Waals surface area (Å²) in [5.41, 5.74) is 0. The van der Waals surface area contributed by atoms with E-state index in [0.29, 0.717) is 0 Å². The van der Waals surface area contributed by atoms with E-state index in [4.69, 9.17) is 57.7 Å². The van der Waals surface area contributed by atoms with Crippen molar-refractivity contribution in [1.29, 1.82) is 0 Å². The fourth-order valence-electron chi connectivity index (χ4n) is 0. The Morgan fingerprint density at radius 2 is 0.588 bits per heavy atom. The Labute approximate surface area is 147 Å². The second kappa shape index (κ2) is 13.6. The summed E-state index contributed by atoms with van der Waals surface area (Å²) < 4.78 is 26.3. The molecule has 12 nitrogen and oxygen atoms in total. The summed E-state index contributed by atoms with van der Waals surface area (Å²) in [5.74, 6) is 0. The quantitative estimate of drug-likeness (QED) is 0.175. The smallest absolute Gasteiger partial charge is 0.756 e. The summed E-state index contributed by atoms with van der Waals surface area (Å²) in [6.45, 7) is 0. The van der Waals surface area contributed by atoms with Crippen LogP contribution in [0, 0.1) is 0 Å². The van der Waals surface area contributed by atoms with E-state index in [0.717, 1.165) is 0 Å². The van der Waals surface area contributed by atoms with Crippen LogP contribution in [-0.4, -0.2) is 67.1 Å². The summed E-state index contributed by atoms with van der Waals surface area (Å²) in [4.78, 5) is 68.8. The Kier molecular flexibility index (Phi) is 25.4. The van der Waals surface area contributed by atoms with Gasteiger partial charge in [0.25, 0.3) is 23.5 Å². The largest absolute Gasteiger partial charge is 2.00 e. The Bertz CT molecular complexity index is 208. The normalized spacial score (nSPS) is 10.4. The van der Waals surface area contributed by atoms with Gasteiger partial charge in [0, 0.05) is 0 Å².